The van der Waals surface area contributed by atoms with Crippen molar-refractivity contribution in [2.45, 2.75) is 26.2 Å². The smallest absolute Gasteiger partial charge is 0.211 e. The topological polar surface area (TPSA) is 73.8 Å². The Balaban J connectivity index is 1.83. The van der Waals surface area contributed by atoms with E-state index >= 15 is 0 Å². The van der Waals surface area contributed by atoms with Crippen LogP contribution in [0.2, 0.25) is 0 Å². The lowest BCUT2D eigenvalue weighted by molar-refractivity contribution is 0.280. The van der Waals surface area contributed by atoms with E-state index < -0.39 is 21.7 Å². The predicted molar refractivity (Wildman–Crippen MR) is 103 cm³/mol. The lowest BCUT2D eigenvalue weighted by Gasteiger charge is -2.29. The molecule has 1 heterocycles. The summed E-state index contributed by atoms with van der Waals surface area (Å²) in [5.41, 5.74) is 0.325. The molecule has 6 nitrogen and oxygen atoms in total. The van der Waals surface area contributed by atoms with Crippen molar-refractivity contribution in [3.8, 4) is 0 Å². The minimum atomic E-state index is -3.12. The van der Waals surface area contributed by atoms with E-state index in [0.29, 0.717) is 56.6 Å². The van der Waals surface area contributed by atoms with Gasteiger partial charge in [-0.2, -0.15) is 0 Å². The Morgan fingerprint density at radius 3 is 2.59 bits per heavy atom. The first-order valence-electron chi connectivity index (χ1n) is 9.20. The number of sulfonamides is 1. The lowest BCUT2D eigenvalue weighted by Crippen LogP contribution is -2.40. The van der Waals surface area contributed by atoms with Crippen LogP contribution in [-0.2, 0) is 16.4 Å². The second-order valence-corrected chi connectivity index (χ2v) is 8.72. The van der Waals surface area contributed by atoms with Crippen LogP contribution in [-0.4, -0.2) is 57.7 Å². The van der Waals surface area contributed by atoms with Gasteiger partial charge in [0.15, 0.2) is 5.96 Å². The van der Waals surface area contributed by atoms with Crippen LogP contribution in [0.3, 0.4) is 0 Å². The van der Waals surface area contributed by atoms with Crippen LogP contribution in [0.5, 0.6) is 0 Å². The number of nitrogens with one attached hydrogen (secondary N) is 2. The molecule has 0 atom stereocenters. The van der Waals surface area contributed by atoms with Gasteiger partial charge < -0.3 is 10.6 Å². The monoisotopic (exact) mass is 402 g/mol. The molecule has 1 aliphatic heterocycles. The highest BCUT2D eigenvalue weighted by Crippen LogP contribution is 2.19. The van der Waals surface area contributed by atoms with Gasteiger partial charge in [-0.1, -0.05) is 0 Å². The van der Waals surface area contributed by atoms with Gasteiger partial charge in [-0.05, 0) is 55.9 Å². The molecule has 1 fully saturated rings. The van der Waals surface area contributed by atoms with Crippen LogP contribution in [0.4, 0.5) is 8.78 Å². The molecule has 27 heavy (non-hydrogen) atoms. The molecule has 0 aromatic heterocycles. The molecule has 0 bridgehead atoms. The van der Waals surface area contributed by atoms with Crippen LogP contribution >= 0.6 is 0 Å². The second kappa shape index (κ2) is 9.98. The number of aliphatic imine (C=N–C) groups is 1. The van der Waals surface area contributed by atoms with Gasteiger partial charge in [-0.15, -0.1) is 0 Å². The van der Waals surface area contributed by atoms with Gasteiger partial charge >= 0.3 is 0 Å². The predicted octanol–water partition coefficient (Wildman–Crippen LogP) is 1.73. The molecule has 152 valence electrons. The summed E-state index contributed by atoms with van der Waals surface area (Å²) in [4.78, 5) is 4.55. The minimum absolute atomic E-state index is 0.325. The molecule has 1 aromatic carbocycles. The largest absolute Gasteiger partial charge is 0.357 e. The van der Waals surface area contributed by atoms with E-state index in [1.54, 1.807) is 0 Å². The van der Waals surface area contributed by atoms with E-state index in [-0.39, 0.29) is 0 Å². The van der Waals surface area contributed by atoms with E-state index in [9.17, 15) is 17.2 Å². The molecule has 1 aromatic rings. The first kappa shape index (κ1) is 21.6. The molecule has 0 amide bonds. The number of rotatable bonds is 7. The summed E-state index contributed by atoms with van der Waals surface area (Å²) in [5, 5.41) is 6.26. The summed E-state index contributed by atoms with van der Waals surface area (Å²) in [6, 6.07) is 3.44. The number of hydrogen-bond acceptors (Lipinski definition) is 3. The minimum Gasteiger partial charge on any atom is -0.357 e. The molecule has 2 N–H and O–H groups in total. The maximum atomic E-state index is 13.7. The lowest BCUT2D eigenvalue weighted by atomic mass is 9.98. The van der Waals surface area contributed by atoms with Gasteiger partial charge in [-0.3, -0.25) is 4.99 Å². The van der Waals surface area contributed by atoms with E-state index in [2.05, 4.69) is 15.6 Å². The number of piperidine rings is 1. The van der Waals surface area contributed by atoms with Gasteiger partial charge in [0.25, 0.3) is 0 Å². The van der Waals surface area contributed by atoms with Crippen molar-refractivity contribution < 1.29 is 17.2 Å². The van der Waals surface area contributed by atoms with Crippen LogP contribution in [0, 0.1) is 17.6 Å². The highest BCUT2D eigenvalue weighted by molar-refractivity contribution is 7.88. The molecular weight excluding hydrogens is 374 g/mol. The molecule has 0 aliphatic carbocycles. The Labute approximate surface area is 160 Å². The molecule has 0 saturated carbocycles. The van der Waals surface area contributed by atoms with Crippen LogP contribution < -0.4 is 10.6 Å². The summed E-state index contributed by atoms with van der Waals surface area (Å²) >= 11 is 0. The molecule has 1 aliphatic rings. The van der Waals surface area contributed by atoms with Crippen molar-refractivity contribution >= 4 is 16.0 Å². The van der Waals surface area contributed by atoms with E-state index in [1.165, 1.54) is 16.6 Å². The highest BCUT2D eigenvalue weighted by Gasteiger charge is 2.24. The Morgan fingerprint density at radius 1 is 1.26 bits per heavy atom. The molecule has 0 spiro atoms. The first-order valence-corrected chi connectivity index (χ1v) is 11.1. The number of nitrogens with zero attached hydrogens (tertiary/aromatic N) is 2. The van der Waals surface area contributed by atoms with Gasteiger partial charge in [0.05, 0.1) is 6.26 Å². The average molecular weight is 403 g/mol. The number of benzene rings is 1. The fourth-order valence-electron chi connectivity index (χ4n) is 3.04. The molecule has 9 heteroatoms. The number of hydrogen-bond donors (Lipinski definition) is 2. The Hall–Kier alpha value is -1.74. The third-order valence-electron chi connectivity index (χ3n) is 4.59. The Morgan fingerprint density at radius 2 is 1.96 bits per heavy atom. The van der Waals surface area contributed by atoms with Crippen LogP contribution in [0.15, 0.2) is 23.2 Å². The van der Waals surface area contributed by atoms with Crippen molar-refractivity contribution in [2.75, 3.05) is 39.0 Å². The van der Waals surface area contributed by atoms with Crippen molar-refractivity contribution in [1.82, 2.24) is 14.9 Å². The fourth-order valence-corrected chi connectivity index (χ4v) is 3.91. The quantitative estimate of drug-likeness (QED) is 0.538. The third-order valence-corrected chi connectivity index (χ3v) is 5.89. The van der Waals surface area contributed by atoms with Crippen LogP contribution in [0.1, 0.15) is 25.3 Å². The second-order valence-electron chi connectivity index (χ2n) is 6.74. The maximum Gasteiger partial charge on any atom is 0.211 e. The zero-order valence-corrected chi connectivity index (χ0v) is 16.7. The van der Waals surface area contributed by atoms with E-state index in [1.807, 2.05) is 6.92 Å². The van der Waals surface area contributed by atoms with Gasteiger partial charge in [0, 0.05) is 32.7 Å². The molecular formula is C18H28F2N4O2S. The highest BCUT2D eigenvalue weighted by atomic mass is 32.2. The third kappa shape index (κ3) is 7.06. The van der Waals surface area contributed by atoms with Gasteiger partial charge in [-0.25, -0.2) is 21.5 Å². The standard InChI is InChI=1S/C18H28F2N4O2S/c1-3-21-18(22-9-6-15-12-16(19)4-5-17(15)20)23-13-14-7-10-24(11-8-14)27(2,25)26/h4-5,12,14H,3,6-11,13H2,1-2H3,(H2,21,22,23). The zero-order chi connectivity index (χ0) is 19.9. The summed E-state index contributed by atoms with van der Waals surface area (Å²) in [7, 11) is -3.12. The van der Waals surface area contributed by atoms with Gasteiger partial charge in [0.1, 0.15) is 11.6 Å². The van der Waals surface area contributed by atoms with Crippen LogP contribution in [0.25, 0.3) is 0 Å². The zero-order valence-electron chi connectivity index (χ0n) is 15.8. The van der Waals surface area contributed by atoms with Crippen molar-refractivity contribution in [1.29, 1.82) is 0 Å². The Kier molecular flexibility index (Phi) is 7.97. The molecule has 1 saturated heterocycles. The molecule has 2 rings (SSSR count). The summed E-state index contributed by atoms with van der Waals surface area (Å²) in [5.74, 6) is 0.0872. The normalized spacial score (nSPS) is 17.1. The molecule has 0 unspecified atom stereocenters. The fraction of sp³-hybridized carbons (Fsp3) is 0.611. The SMILES string of the molecule is CCNC(=NCC1CCN(S(C)(=O)=O)CC1)NCCc1cc(F)ccc1F. The average Bonchev–Trinajstić information content (AvgIpc) is 2.62. The number of halogens is 2. The first-order chi connectivity index (χ1) is 12.8. The van der Waals surface area contributed by atoms with Crippen molar-refractivity contribution in [2.24, 2.45) is 10.9 Å². The summed E-state index contributed by atoms with van der Waals surface area (Å²) in [6.07, 6.45) is 3.15. The van der Waals surface area contributed by atoms with Crippen molar-refractivity contribution in [3.63, 3.8) is 0 Å². The van der Waals surface area contributed by atoms with Crippen molar-refractivity contribution in [3.05, 3.63) is 35.4 Å². The summed E-state index contributed by atoms with van der Waals surface area (Å²) in [6.45, 7) is 4.73. The summed E-state index contributed by atoms with van der Waals surface area (Å²) < 4.78 is 51.5. The maximum absolute atomic E-state index is 13.7. The van der Waals surface area contributed by atoms with E-state index in [0.717, 1.165) is 25.0 Å². The number of guanidine groups is 1. The van der Waals surface area contributed by atoms with E-state index in [4.69, 9.17) is 0 Å². The Bertz CT molecular complexity index is 748. The molecule has 0 radical (unpaired) electrons. The van der Waals surface area contributed by atoms with Gasteiger partial charge in [0.2, 0.25) is 10.0 Å².